The maximum atomic E-state index is 13.1. The number of carbonyl (C=O) groups is 1. The number of rotatable bonds is 5. The molecule has 2 aromatic carbocycles. The maximum absolute atomic E-state index is 13.1. The van der Waals surface area contributed by atoms with Crippen molar-refractivity contribution in [2.75, 3.05) is 5.43 Å². The average Bonchev–Trinajstić information content (AvgIpc) is 2.46. The van der Waals surface area contributed by atoms with E-state index >= 15 is 0 Å². The number of hydrazine groups is 1. The average molecular weight is 351 g/mol. The molecule has 0 saturated carbocycles. The summed E-state index contributed by atoms with van der Waals surface area (Å²) in [4.78, 5) is 12.0. The minimum Gasteiger partial charge on any atom is -0.299 e. The van der Waals surface area contributed by atoms with Gasteiger partial charge >= 0.3 is 0 Å². The molecule has 3 nitrogen and oxygen atoms in total. The lowest BCUT2D eigenvalue weighted by molar-refractivity contribution is -0.123. The third-order valence-corrected chi connectivity index (χ3v) is 3.58. The first kappa shape index (κ1) is 15.5. The van der Waals surface area contributed by atoms with Gasteiger partial charge in [-0.15, -0.1) is 0 Å². The minimum atomic E-state index is -0.284. The second kappa shape index (κ2) is 7.22. The SMILES string of the molecule is CC(Cc1cccc(F)c1)C(=O)NNc1ccc(Br)cc1. The number of anilines is 1. The Morgan fingerprint density at radius 2 is 1.95 bits per heavy atom. The van der Waals surface area contributed by atoms with Gasteiger partial charge in [-0.3, -0.25) is 15.6 Å². The Hall–Kier alpha value is -1.88. The molecule has 1 amide bonds. The van der Waals surface area contributed by atoms with Gasteiger partial charge in [0.05, 0.1) is 5.69 Å². The highest BCUT2D eigenvalue weighted by Crippen LogP contribution is 2.14. The van der Waals surface area contributed by atoms with Gasteiger partial charge in [0, 0.05) is 10.4 Å². The van der Waals surface area contributed by atoms with E-state index in [0.29, 0.717) is 6.42 Å². The van der Waals surface area contributed by atoms with E-state index < -0.39 is 0 Å². The van der Waals surface area contributed by atoms with Crippen molar-refractivity contribution in [2.45, 2.75) is 13.3 Å². The van der Waals surface area contributed by atoms with Crippen molar-refractivity contribution in [1.82, 2.24) is 5.43 Å². The summed E-state index contributed by atoms with van der Waals surface area (Å²) in [5.74, 6) is -0.676. The first-order valence-electron chi connectivity index (χ1n) is 6.60. The molecule has 2 aromatic rings. The molecule has 0 radical (unpaired) electrons. The van der Waals surface area contributed by atoms with Gasteiger partial charge in [0.1, 0.15) is 5.82 Å². The third-order valence-electron chi connectivity index (χ3n) is 3.05. The molecular weight excluding hydrogens is 335 g/mol. The van der Waals surface area contributed by atoms with E-state index in [1.54, 1.807) is 6.07 Å². The van der Waals surface area contributed by atoms with E-state index in [0.717, 1.165) is 15.7 Å². The summed E-state index contributed by atoms with van der Waals surface area (Å²) in [5, 5.41) is 0. The second-order valence-corrected chi connectivity index (χ2v) is 5.77. The van der Waals surface area contributed by atoms with Gasteiger partial charge in [-0.05, 0) is 48.4 Å². The molecule has 1 unspecified atom stereocenters. The summed E-state index contributed by atoms with van der Waals surface area (Å²) in [6.45, 7) is 1.81. The number of hydrogen-bond acceptors (Lipinski definition) is 2. The molecule has 0 saturated heterocycles. The van der Waals surface area contributed by atoms with Crippen LogP contribution in [0.4, 0.5) is 10.1 Å². The molecule has 2 N–H and O–H groups in total. The van der Waals surface area contributed by atoms with Crippen LogP contribution in [0.2, 0.25) is 0 Å². The van der Waals surface area contributed by atoms with Crippen LogP contribution < -0.4 is 10.9 Å². The molecular formula is C16H16BrFN2O. The van der Waals surface area contributed by atoms with Gasteiger partial charge < -0.3 is 0 Å². The molecule has 0 fully saturated rings. The van der Waals surface area contributed by atoms with Crippen LogP contribution in [-0.2, 0) is 11.2 Å². The number of carbonyl (C=O) groups excluding carboxylic acids is 1. The van der Waals surface area contributed by atoms with E-state index in [1.807, 2.05) is 37.3 Å². The zero-order chi connectivity index (χ0) is 15.2. The Balaban J connectivity index is 1.86. The smallest absolute Gasteiger partial charge is 0.241 e. The number of benzene rings is 2. The third kappa shape index (κ3) is 4.86. The van der Waals surface area contributed by atoms with Crippen LogP contribution in [0.15, 0.2) is 53.0 Å². The lowest BCUT2D eigenvalue weighted by Gasteiger charge is -2.14. The quantitative estimate of drug-likeness (QED) is 0.802. The van der Waals surface area contributed by atoms with E-state index in [2.05, 4.69) is 26.8 Å². The fourth-order valence-electron chi connectivity index (χ4n) is 1.90. The van der Waals surface area contributed by atoms with Gasteiger partial charge in [-0.1, -0.05) is 35.0 Å². The zero-order valence-electron chi connectivity index (χ0n) is 11.6. The summed E-state index contributed by atoms with van der Waals surface area (Å²) < 4.78 is 14.1. The normalized spacial score (nSPS) is 11.8. The van der Waals surface area contributed by atoms with Crippen LogP contribution in [-0.4, -0.2) is 5.91 Å². The largest absolute Gasteiger partial charge is 0.299 e. The summed E-state index contributed by atoms with van der Waals surface area (Å²) in [5.41, 5.74) is 7.11. The lowest BCUT2D eigenvalue weighted by Crippen LogP contribution is -2.34. The molecule has 0 aromatic heterocycles. The lowest BCUT2D eigenvalue weighted by atomic mass is 10.0. The van der Waals surface area contributed by atoms with Crippen molar-refractivity contribution in [3.05, 3.63) is 64.4 Å². The Morgan fingerprint density at radius 3 is 2.62 bits per heavy atom. The van der Waals surface area contributed by atoms with Crippen molar-refractivity contribution in [1.29, 1.82) is 0 Å². The Kier molecular flexibility index (Phi) is 5.33. The fraction of sp³-hybridized carbons (Fsp3) is 0.188. The van der Waals surface area contributed by atoms with E-state index in [4.69, 9.17) is 0 Å². The molecule has 0 aliphatic carbocycles. The monoisotopic (exact) mass is 350 g/mol. The highest BCUT2D eigenvalue weighted by Gasteiger charge is 2.13. The molecule has 0 aliphatic rings. The van der Waals surface area contributed by atoms with Crippen molar-refractivity contribution in [3.8, 4) is 0 Å². The summed E-state index contributed by atoms with van der Waals surface area (Å²) in [7, 11) is 0. The van der Waals surface area contributed by atoms with E-state index in [9.17, 15) is 9.18 Å². The molecule has 110 valence electrons. The van der Waals surface area contributed by atoms with E-state index in [1.165, 1.54) is 12.1 Å². The highest BCUT2D eigenvalue weighted by molar-refractivity contribution is 9.10. The first-order valence-corrected chi connectivity index (χ1v) is 7.40. The van der Waals surface area contributed by atoms with Gasteiger partial charge in [0.25, 0.3) is 0 Å². The van der Waals surface area contributed by atoms with Gasteiger partial charge in [-0.25, -0.2) is 4.39 Å². The van der Waals surface area contributed by atoms with Crippen molar-refractivity contribution >= 4 is 27.5 Å². The predicted molar refractivity (Wildman–Crippen MR) is 85.2 cm³/mol. The molecule has 0 spiro atoms. The maximum Gasteiger partial charge on any atom is 0.241 e. The standard InChI is InChI=1S/C16H16BrFN2O/c1-11(9-12-3-2-4-14(18)10-12)16(21)20-19-15-7-5-13(17)6-8-15/h2-8,10-11,19H,9H2,1H3,(H,20,21). The summed E-state index contributed by atoms with van der Waals surface area (Å²) >= 11 is 3.35. The molecule has 0 heterocycles. The number of hydrogen-bond donors (Lipinski definition) is 2. The van der Waals surface area contributed by atoms with Gasteiger partial charge in [0.2, 0.25) is 5.91 Å². The fourth-order valence-corrected chi connectivity index (χ4v) is 2.16. The topological polar surface area (TPSA) is 41.1 Å². The van der Waals surface area contributed by atoms with Crippen LogP contribution in [0, 0.1) is 11.7 Å². The molecule has 1 atom stereocenters. The van der Waals surface area contributed by atoms with Crippen molar-refractivity contribution in [3.63, 3.8) is 0 Å². The Morgan fingerprint density at radius 1 is 1.24 bits per heavy atom. The Labute approximate surface area is 131 Å². The molecule has 0 aliphatic heterocycles. The van der Waals surface area contributed by atoms with Gasteiger partial charge in [0.15, 0.2) is 0 Å². The highest BCUT2D eigenvalue weighted by atomic mass is 79.9. The predicted octanol–water partition coefficient (Wildman–Crippen LogP) is 3.91. The number of halogens is 2. The molecule has 5 heteroatoms. The van der Waals surface area contributed by atoms with Crippen LogP contribution in [0.25, 0.3) is 0 Å². The molecule has 0 bridgehead atoms. The summed E-state index contributed by atoms with van der Waals surface area (Å²) in [6.07, 6.45) is 0.492. The number of nitrogens with one attached hydrogen (secondary N) is 2. The summed E-state index contributed by atoms with van der Waals surface area (Å²) in [6, 6.07) is 13.8. The molecule has 2 rings (SSSR count). The van der Waals surface area contributed by atoms with Crippen molar-refractivity contribution < 1.29 is 9.18 Å². The minimum absolute atomic E-state index is 0.137. The Bertz CT molecular complexity index is 616. The van der Waals surface area contributed by atoms with Crippen LogP contribution in [0.3, 0.4) is 0 Å². The van der Waals surface area contributed by atoms with Crippen LogP contribution in [0.1, 0.15) is 12.5 Å². The van der Waals surface area contributed by atoms with Crippen LogP contribution >= 0.6 is 15.9 Å². The van der Waals surface area contributed by atoms with E-state index in [-0.39, 0.29) is 17.6 Å². The van der Waals surface area contributed by atoms with Crippen LogP contribution in [0.5, 0.6) is 0 Å². The van der Waals surface area contributed by atoms with Gasteiger partial charge in [-0.2, -0.15) is 0 Å². The molecule has 21 heavy (non-hydrogen) atoms. The second-order valence-electron chi connectivity index (χ2n) is 4.86. The zero-order valence-corrected chi connectivity index (χ0v) is 13.2. The first-order chi connectivity index (χ1) is 10.0. The van der Waals surface area contributed by atoms with Crippen molar-refractivity contribution in [2.24, 2.45) is 5.92 Å². The number of amides is 1.